The number of hydrogen-bond acceptors (Lipinski definition) is 5. The van der Waals surface area contributed by atoms with Crippen LogP contribution in [0, 0.1) is 12.7 Å². The summed E-state index contributed by atoms with van der Waals surface area (Å²) in [6.07, 6.45) is 0. The molecule has 0 aliphatic carbocycles. The van der Waals surface area contributed by atoms with Crippen molar-refractivity contribution in [1.29, 1.82) is 0 Å². The normalized spacial score (nSPS) is 16.9. The Morgan fingerprint density at radius 1 is 1.34 bits per heavy atom. The Morgan fingerprint density at radius 3 is 2.86 bits per heavy atom. The van der Waals surface area contributed by atoms with Gasteiger partial charge in [0.25, 0.3) is 11.6 Å². The maximum Gasteiger partial charge on any atom is 0.259 e. The molecule has 1 amide bonds. The predicted molar refractivity (Wildman–Crippen MR) is 111 cm³/mol. The summed E-state index contributed by atoms with van der Waals surface area (Å²) < 4.78 is 19.1. The van der Waals surface area contributed by atoms with Gasteiger partial charge in [-0.25, -0.2) is 9.37 Å². The minimum Gasteiger partial charge on any atom is -0.336 e. The van der Waals surface area contributed by atoms with Crippen molar-refractivity contribution in [2.75, 3.05) is 19.6 Å². The van der Waals surface area contributed by atoms with Crippen molar-refractivity contribution in [3.8, 4) is 0 Å². The third-order valence-electron chi connectivity index (χ3n) is 5.20. The van der Waals surface area contributed by atoms with Gasteiger partial charge in [-0.1, -0.05) is 31.1 Å². The first-order valence-corrected chi connectivity index (χ1v) is 9.49. The Bertz CT molecular complexity index is 1040. The minimum atomic E-state index is -0.307. The lowest BCUT2D eigenvalue weighted by Gasteiger charge is -2.36. The van der Waals surface area contributed by atoms with Crippen LogP contribution in [0.2, 0.25) is 0 Å². The number of fused-ring (bicyclic) bond motifs is 1. The number of aryl methyl sites for hydroxylation is 1. The molecule has 154 valence electrons. The van der Waals surface area contributed by atoms with Crippen LogP contribution in [-0.4, -0.2) is 40.6 Å². The van der Waals surface area contributed by atoms with E-state index in [2.05, 4.69) is 15.5 Å². The Morgan fingerprint density at radius 2 is 2.14 bits per heavy atom. The van der Waals surface area contributed by atoms with Gasteiger partial charge in [-0.3, -0.25) is 4.79 Å². The highest BCUT2D eigenvalue weighted by Crippen LogP contribution is 2.30. The quantitative estimate of drug-likeness (QED) is 0.696. The second kappa shape index (κ2) is 8.47. The molecule has 1 aromatic carbocycles. The summed E-state index contributed by atoms with van der Waals surface area (Å²) in [6.45, 7) is 7.64. The first-order valence-electron chi connectivity index (χ1n) is 9.49. The van der Waals surface area contributed by atoms with E-state index in [1.807, 2.05) is 26.0 Å². The fourth-order valence-corrected chi connectivity index (χ4v) is 3.69. The molecule has 1 N–H and O–H groups in total. The maximum absolute atomic E-state index is 13.8. The summed E-state index contributed by atoms with van der Waals surface area (Å²) in [4.78, 5) is 19.9. The molecular weight excluding hydrogens is 395 g/mol. The van der Waals surface area contributed by atoms with E-state index >= 15 is 0 Å². The molecule has 8 heteroatoms. The molecule has 0 bridgehead atoms. The van der Waals surface area contributed by atoms with Crippen LogP contribution in [0.1, 0.15) is 53.1 Å². The van der Waals surface area contributed by atoms with Gasteiger partial charge in [0.2, 0.25) is 0 Å². The van der Waals surface area contributed by atoms with Crippen LogP contribution < -0.4 is 5.32 Å². The number of carbonyl (C=O) groups excluding carboxylic acids is 1. The molecular formula is C21H24ClFN4O2. The lowest BCUT2D eigenvalue weighted by molar-refractivity contribution is 0.0635. The standard InChI is InChI=1S/C21H23FN4O2.ClH/c1-12(2)17-10-16(19-13(3)25-28-20(19)24-17)21(27)26-8-7-23-11-18(26)14-5-4-6-15(22)9-14;/h4-6,9-10,12,18,23H,7-8,11H2,1-3H3;1H. The highest BCUT2D eigenvalue weighted by Gasteiger charge is 2.31. The Labute approximate surface area is 174 Å². The van der Waals surface area contributed by atoms with Gasteiger partial charge in [-0.15, -0.1) is 12.4 Å². The van der Waals surface area contributed by atoms with Gasteiger partial charge in [0.05, 0.1) is 22.7 Å². The van der Waals surface area contributed by atoms with Crippen molar-refractivity contribution in [2.45, 2.75) is 32.7 Å². The molecule has 2 aromatic heterocycles. The van der Waals surface area contributed by atoms with Crippen LogP contribution in [0.5, 0.6) is 0 Å². The van der Waals surface area contributed by atoms with E-state index in [9.17, 15) is 9.18 Å². The summed E-state index contributed by atoms with van der Waals surface area (Å²) >= 11 is 0. The van der Waals surface area contributed by atoms with Crippen LogP contribution in [0.25, 0.3) is 11.1 Å². The van der Waals surface area contributed by atoms with Crippen molar-refractivity contribution in [2.24, 2.45) is 0 Å². The zero-order valence-electron chi connectivity index (χ0n) is 16.6. The number of pyridine rings is 1. The fourth-order valence-electron chi connectivity index (χ4n) is 3.69. The first kappa shape index (κ1) is 21.2. The van der Waals surface area contributed by atoms with E-state index in [-0.39, 0.29) is 36.1 Å². The highest BCUT2D eigenvalue weighted by molar-refractivity contribution is 6.06. The molecule has 3 heterocycles. The molecule has 1 saturated heterocycles. The third-order valence-corrected chi connectivity index (χ3v) is 5.20. The van der Waals surface area contributed by atoms with Gasteiger partial charge in [0, 0.05) is 25.3 Å². The SMILES string of the molecule is Cc1noc2nc(C(C)C)cc(C(=O)N3CCNCC3c3cccc(F)c3)c12.Cl. The predicted octanol–water partition coefficient (Wildman–Crippen LogP) is 4.00. The molecule has 0 spiro atoms. The molecule has 3 aromatic rings. The van der Waals surface area contributed by atoms with Crippen LogP contribution in [0.4, 0.5) is 4.39 Å². The maximum atomic E-state index is 13.8. The van der Waals surface area contributed by atoms with E-state index in [4.69, 9.17) is 4.52 Å². The third kappa shape index (κ3) is 3.97. The lowest BCUT2D eigenvalue weighted by Crippen LogP contribution is -2.48. The van der Waals surface area contributed by atoms with Crippen LogP contribution >= 0.6 is 12.4 Å². The monoisotopic (exact) mass is 418 g/mol. The van der Waals surface area contributed by atoms with Crippen molar-refractivity contribution >= 4 is 29.4 Å². The smallest absolute Gasteiger partial charge is 0.259 e. The second-order valence-corrected chi connectivity index (χ2v) is 7.47. The van der Waals surface area contributed by atoms with Gasteiger partial charge in [-0.05, 0) is 36.6 Å². The topological polar surface area (TPSA) is 71.3 Å². The molecule has 0 saturated carbocycles. The van der Waals surface area contributed by atoms with E-state index in [0.29, 0.717) is 42.0 Å². The molecule has 1 aliphatic rings. The van der Waals surface area contributed by atoms with E-state index in [1.54, 1.807) is 17.9 Å². The number of amides is 1. The number of halogens is 2. The number of nitrogens with zero attached hydrogens (tertiary/aromatic N) is 3. The van der Waals surface area contributed by atoms with Gasteiger partial charge in [0.15, 0.2) is 0 Å². The summed E-state index contributed by atoms with van der Waals surface area (Å²) in [6, 6.07) is 8.02. The molecule has 1 aliphatic heterocycles. The van der Waals surface area contributed by atoms with Crippen molar-refractivity contribution in [1.82, 2.24) is 20.4 Å². The number of hydrogen-bond donors (Lipinski definition) is 1. The first-order chi connectivity index (χ1) is 13.5. The molecule has 1 unspecified atom stereocenters. The summed E-state index contributed by atoms with van der Waals surface area (Å²) in [5.74, 6) is -0.279. The van der Waals surface area contributed by atoms with Crippen LogP contribution in [-0.2, 0) is 0 Å². The van der Waals surface area contributed by atoms with Crippen LogP contribution in [0.15, 0.2) is 34.9 Å². The molecule has 6 nitrogen and oxygen atoms in total. The largest absolute Gasteiger partial charge is 0.336 e. The highest BCUT2D eigenvalue weighted by atomic mass is 35.5. The Hall–Kier alpha value is -2.51. The summed E-state index contributed by atoms with van der Waals surface area (Å²) in [5, 5.41) is 7.95. The number of aromatic nitrogens is 2. The number of nitrogens with one attached hydrogen (secondary N) is 1. The van der Waals surface area contributed by atoms with Gasteiger partial charge < -0.3 is 14.7 Å². The average Bonchev–Trinajstić information content (AvgIpc) is 3.08. The Kier molecular flexibility index (Phi) is 6.19. The van der Waals surface area contributed by atoms with Gasteiger partial charge >= 0.3 is 0 Å². The number of rotatable bonds is 3. The molecule has 1 atom stereocenters. The zero-order chi connectivity index (χ0) is 19.8. The minimum absolute atomic E-state index is 0. The average molecular weight is 419 g/mol. The summed E-state index contributed by atoms with van der Waals surface area (Å²) in [5.41, 5.74) is 3.11. The molecule has 0 radical (unpaired) electrons. The number of benzene rings is 1. The van der Waals surface area contributed by atoms with E-state index in [1.165, 1.54) is 12.1 Å². The van der Waals surface area contributed by atoms with E-state index in [0.717, 1.165) is 11.3 Å². The lowest BCUT2D eigenvalue weighted by atomic mass is 9.99. The number of piperazine rings is 1. The molecule has 4 rings (SSSR count). The van der Waals surface area contributed by atoms with Crippen molar-refractivity contribution < 1.29 is 13.7 Å². The summed E-state index contributed by atoms with van der Waals surface area (Å²) in [7, 11) is 0. The van der Waals surface area contributed by atoms with E-state index < -0.39 is 0 Å². The molecule has 29 heavy (non-hydrogen) atoms. The van der Waals surface area contributed by atoms with Crippen molar-refractivity contribution in [3.05, 3.63) is 58.7 Å². The van der Waals surface area contributed by atoms with Crippen molar-refractivity contribution in [3.63, 3.8) is 0 Å². The zero-order valence-corrected chi connectivity index (χ0v) is 17.4. The second-order valence-electron chi connectivity index (χ2n) is 7.47. The molecule has 1 fully saturated rings. The van der Waals surface area contributed by atoms with Crippen LogP contribution in [0.3, 0.4) is 0 Å². The Balaban J connectivity index is 0.00000240. The fraction of sp³-hybridized carbons (Fsp3) is 0.381. The van der Waals surface area contributed by atoms with Gasteiger partial charge in [0.1, 0.15) is 5.82 Å². The number of carbonyl (C=O) groups is 1. The van der Waals surface area contributed by atoms with Gasteiger partial charge in [-0.2, -0.15) is 0 Å².